The third-order valence-corrected chi connectivity index (χ3v) is 3.78. The van der Waals surface area contributed by atoms with Gasteiger partial charge in [-0.25, -0.2) is 4.39 Å². The molecule has 0 aliphatic rings. The SMILES string of the molecule is Cc1cccc(NCc2ccccc2OCc2ccc(F)cc2)c1. The molecule has 3 rings (SSSR count). The molecule has 3 heteroatoms. The number of nitrogens with one attached hydrogen (secondary N) is 1. The van der Waals surface area contributed by atoms with Crippen LogP contribution in [0.5, 0.6) is 5.75 Å². The van der Waals surface area contributed by atoms with Gasteiger partial charge < -0.3 is 10.1 Å². The highest BCUT2D eigenvalue weighted by atomic mass is 19.1. The van der Waals surface area contributed by atoms with Gasteiger partial charge in [0.1, 0.15) is 18.2 Å². The molecule has 0 aromatic heterocycles. The van der Waals surface area contributed by atoms with Gasteiger partial charge in [0.15, 0.2) is 0 Å². The van der Waals surface area contributed by atoms with Crippen LogP contribution in [-0.4, -0.2) is 0 Å². The quantitative estimate of drug-likeness (QED) is 0.663. The third-order valence-electron chi connectivity index (χ3n) is 3.78. The van der Waals surface area contributed by atoms with Gasteiger partial charge in [-0.1, -0.05) is 42.5 Å². The number of hydrogen-bond donors (Lipinski definition) is 1. The molecular weight excluding hydrogens is 301 g/mol. The summed E-state index contributed by atoms with van der Waals surface area (Å²) in [4.78, 5) is 0. The van der Waals surface area contributed by atoms with E-state index in [4.69, 9.17) is 4.74 Å². The van der Waals surface area contributed by atoms with Crippen molar-refractivity contribution in [3.63, 3.8) is 0 Å². The summed E-state index contributed by atoms with van der Waals surface area (Å²) in [5, 5.41) is 3.42. The average Bonchev–Trinajstić information content (AvgIpc) is 2.60. The predicted molar refractivity (Wildman–Crippen MR) is 95.7 cm³/mol. The van der Waals surface area contributed by atoms with Crippen molar-refractivity contribution < 1.29 is 9.13 Å². The molecule has 2 nitrogen and oxygen atoms in total. The van der Waals surface area contributed by atoms with Gasteiger partial charge in [-0.05, 0) is 48.4 Å². The largest absolute Gasteiger partial charge is 0.489 e. The molecule has 0 saturated carbocycles. The summed E-state index contributed by atoms with van der Waals surface area (Å²) in [5.74, 6) is 0.600. The first-order valence-electron chi connectivity index (χ1n) is 7.96. The van der Waals surface area contributed by atoms with Gasteiger partial charge in [0, 0.05) is 17.8 Å². The Balaban J connectivity index is 1.65. The fraction of sp³-hybridized carbons (Fsp3) is 0.143. The van der Waals surface area contributed by atoms with Crippen LogP contribution >= 0.6 is 0 Å². The molecule has 0 amide bonds. The lowest BCUT2D eigenvalue weighted by atomic mass is 10.1. The number of benzene rings is 3. The Hall–Kier alpha value is -2.81. The zero-order chi connectivity index (χ0) is 16.8. The Morgan fingerprint density at radius 2 is 1.71 bits per heavy atom. The van der Waals surface area contributed by atoms with Crippen LogP contribution in [-0.2, 0) is 13.2 Å². The number of para-hydroxylation sites is 1. The maximum absolute atomic E-state index is 13.0. The molecule has 0 bridgehead atoms. The lowest BCUT2D eigenvalue weighted by Gasteiger charge is -2.13. The molecule has 3 aromatic rings. The van der Waals surface area contributed by atoms with Gasteiger partial charge in [0.05, 0.1) is 0 Å². The maximum atomic E-state index is 13.0. The molecule has 0 atom stereocenters. The Morgan fingerprint density at radius 1 is 0.917 bits per heavy atom. The number of hydrogen-bond acceptors (Lipinski definition) is 2. The Bertz CT molecular complexity index is 799. The topological polar surface area (TPSA) is 21.3 Å². The van der Waals surface area contributed by atoms with Gasteiger partial charge in [-0.15, -0.1) is 0 Å². The standard InChI is InChI=1S/C21H20FNO/c1-16-5-4-7-20(13-16)23-14-18-6-2-3-8-21(18)24-15-17-9-11-19(22)12-10-17/h2-13,23H,14-15H2,1H3. The summed E-state index contributed by atoms with van der Waals surface area (Å²) < 4.78 is 18.9. The molecule has 0 fully saturated rings. The van der Waals surface area contributed by atoms with Crippen LogP contribution in [0.15, 0.2) is 72.8 Å². The van der Waals surface area contributed by atoms with E-state index in [-0.39, 0.29) is 5.82 Å². The highest BCUT2D eigenvalue weighted by Gasteiger charge is 2.04. The molecule has 122 valence electrons. The third kappa shape index (κ3) is 4.35. The second kappa shape index (κ2) is 7.64. The fourth-order valence-electron chi connectivity index (χ4n) is 2.48. The Morgan fingerprint density at radius 3 is 2.50 bits per heavy atom. The van der Waals surface area contributed by atoms with Gasteiger partial charge >= 0.3 is 0 Å². The van der Waals surface area contributed by atoms with Gasteiger partial charge in [-0.2, -0.15) is 0 Å². The lowest BCUT2D eigenvalue weighted by Crippen LogP contribution is -2.03. The summed E-state index contributed by atoms with van der Waals surface area (Å²) >= 11 is 0. The number of aryl methyl sites for hydroxylation is 1. The maximum Gasteiger partial charge on any atom is 0.124 e. The smallest absolute Gasteiger partial charge is 0.124 e. The van der Waals surface area contributed by atoms with Crippen LogP contribution in [0.3, 0.4) is 0 Å². The highest BCUT2D eigenvalue weighted by molar-refractivity contribution is 5.47. The van der Waals surface area contributed by atoms with Crippen LogP contribution in [0.2, 0.25) is 0 Å². The van der Waals surface area contributed by atoms with Crippen molar-refractivity contribution >= 4 is 5.69 Å². The fourth-order valence-corrected chi connectivity index (χ4v) is 2.48. The van der Waals surface area contributed by atoms with E-state index >= 15 is 0 Å². The highest BCUT2D eigenvalue weighted by Crippen LogP contribution is 2.21. The van der Waals surface area contributed by atoms with Gasteiger partial charge in [0.25, 0.3) is 0 Å². The molecule has 0 spiro atoms. The van der Waals surface area contributed by atoms with Crippen molar-refractivity contribution in [3.05, 3.63) is 95.3 Å². The molecule has 0 aliphatic heterocycles. The molecular formula is C21H20FNO. The van der Waals surface area contributed by atoms with Crippen LogP contribution < -0.4 is 10.1 Å². The Kier molecular flexibility index (Phi) is 5.12. The van der Waals surface area contributed by atoms with Crippen molar-refractivity contribution in [2.45, 2.75) is 20.1 Å². The van der Waals surface area contributed by atoms with Crippen molar-refractivity contribution in [3.8, 4) is 5.75 Å². The molecule has 0 unspecified atom stereocenters. The normalized spacial score (nSPS) is 10.4. The first kappa shape index (κ1) is 16.1. The second-order valence-corrected chi connectivity index (χ2v) is 5.75. The molecule has 0 saturated heterocycles. The monoisotopic (exact) mass is 321 g/mol. The summed E-state index contributed by atoms with van der Waals surface area (Å²) in [6.45, 7) is 3.18. The summed E-state index contributed by atoms with van der Waals surface area (Å²) in [6, 6.07) is 22.6. The van der Waals surface area contributed by atoms with E-state index in [0.717, 1.165) is 22.6 Å². The van der Waals surface area contributed by atoms with E-state index in [2.05, 4.69) is 30.4 Å². The zero-order valence-electron chi connectivity index (χ0n) is 13.6. The number of halogens is 1. The Labute approximate surface area is 141 Å². The van der Waals surface area contributed by atoms with E-state index in [0.29, 0.717) is 13.2 Å². The van der Waals surface area contributed by atoms with E-state index in [9.17, 15) is 4.39 Å². The second-order valence-electron chi connectivity index (χ2n) is 5.75. The predicted octanol–water partition coefficient (Wildman–Crippen LogP) is 5.33. The van der Waals surface area contributed by atoms with Crippen molar-refractivity contribution in [1.29, 1.82) is 0 Å². The van der Waals surface area contributed by atoms with Crippen LogP contribution in [0.25, 0.3) is 0 Å². The number of ether oxygens (including phenoxy) is 1. The molecule has 1 N–H and O–H groups in total. The zero-order valence-corrected chi connectivity index (χ0v) is 13.6. The molecule has 0 heterocycles. The van der Waals surface area contributed by atoms with E-state index in [1.54, 1.807) is 12.1 Å². The van der Waals surface area contributed by atoms with Crippen molar-refractivity contribution in [2.24, 2.45) is 0 Å². The van der Waals surface area contributed by atoms with Crippen LogP contribution in [0.4, 0.5) is 10.1 Å². The number of anilines is 1. The van der Waals surface area contributed by atoms with Gasteiger partial charge in [0.2, 0.25) is 0 Å². The molecule has 0 radical (unpaired) electrons. The first-order valence-corrected chi connectivity index (χ1v) is 7.96. The van der Waals surface area contributed by atoms with E-state index in [1.807, 2.05) is 30.3 Å². The van der Waals surface area contributed by atoms with E-state index in [1.165, 1.54) is 17.7 Å². The molecule has 24 heavy (non-hydrogen) atoms. The average molecular weight is 321 g/mol. The van der Waals surface area contributed by atoms with Gasteiger partial charge in [-0.3, -0.25) is 0 Å². The first-order chi connectivity index (χ1) is 11.7. The van der Waals surface area contributed by atoms with Crippen LogP contribution in [0.1, 0.15) is 16.7 Å². The minimum absolute atomic E-state index is 0.235. The number of rotatable bonds is 6. The van der Waals surface area contributed by atoms with Crippen LogP contribution in [0, 0.1) is 12.7 Å². The minimum atomic E-state index is -0.235. The van der Waals surface area contributed by atoms with E-state index < -0.39 is 0 Å². The molecule has 3 aromatic carbocycles. The summed E-state index contributed by atoms with van der Waals surface area (Å²) in [5.41, 5.74) is 4.34. The minimum Gasteiger partial charge on any atom is -0.489 e. The van der Waals surface area contributed by atoms with Crippen molar-refractivity contribution in [1.82, 2.24) is 0 Å². The molecule has 0 aliphatic carbocycles. The summed E-state index contributed by atoms with van der Waals surface area (Å²) in [7, 11) is 0. The lowest BCUT2D eigenvalue weighted by molar-refractivity contribution is 0.303. The summed E-state index contributed by atoms with van der Waals surface area (Å²) in [6.07, 6.45) is 0. The van der Waals surface area contributed by atoms with Crippen molar-refractivity contribution in [2.75, 3.05) is 5.32 Å².